The van der Waals surface area contributed by atoms with Crippen LogP contribution in [0.25, 0.3) is 0 Å². The number of benzene rings is 2. The molecule has 5 nitrogen and oxygen atoms in total. The number of aryl methyl sites for hydroxylation is 1. The summed E-state index contributed by atoms with van der Waals surface area (Å²) in [6, 6.07) is 9.61. The van der Waals surface area contributed by atoms with Crippen LogP contribution < -0.4 is 10.0 Å². The minimum atomic E-state index is -1.54. The van der Waals surface area contributed by atoms with Crippen molar-refractivity contribution in [1.82, 2.24) is 0 Å². The molecule has 0 aliphatic carbocycles. The topological polar surface area (TPSA) is 70.6 Å². The predicted octanol–water partition coefficient (Wildman–Crippen LogP) is 5.93. The van der Waals surface area contributed by atoms with Gasteiger partial charge in [0, 0.05) is 22.6 Å². The van der Waals surface area contributed by atoms with Gasteiger partial charge in [0.25, 0.3) is 0 Å². The van der Waals surface area contributed by atoms with Crippen LogP contribution in [0, 0.1) is 18.6 Å². The SMILES string of the molecule is C=N/C(Nc1ccc(C)cc1)=C(C)/C(=C\C)C(=O)c1c(F)ccc(NS(=O)CCC)c1F. The molecule has 0 radical (unpaired) electrons. The van der Waals surface area contributed by atoms with Gasteiger partial charge in [-0.1, -0.05) is 30.7 Å². The quantitative estimate of drug-likeness (QED) is 0.200. The zero-order valence-corrected chi connectivity index (χ0v) is 19.4. The summed E-state index contributed by atoms with van der Waals surface area (Å²) < 4.78 is 44.1. The molecule has 0 saturated carbocycles. The molecule has 0 aromatic heterocycles. The van der Waals surface area contributed by atoms with E-state index in [0.29, 0.717) is 17.7 Å². The van der Waals surface area contributed by atoms with Gasteiger partial charge in [0.15, 0.2) is 11.6 Å². The van der Waals surface area contributed by atoms with Crippen LogP contribution in [0.1, 0.15) is 43.1 Å². The van der Waals surface area contributed by atoms with Gasteiger partial charge in [-0.05, 0) is 58.2 Å². The summed E-state index contributed by atoms with van der Waals surface area (Å²) in [7, 11) is -1.54. The summed E-state index contributed by atoms with van der Waals surface area (Å²) in [6.45, 7) is 10.5. The van der Waals surface area contributed by atoms with Crippen LogP contribution in [0.2, 0.25) is 0 Å². The third-order valence-corrected chi connectivity index (χ3v) is 5.92. The lowest BCUT2D eigenvalue weighted by Crippen LogP contribution is -2.15. The first-order chi connectivity index (χ1) is 15.2. The molecule has 1 unspecified atom stereocenters. The second kappa shape index (κ2) is 11.5. The van der Waals surface area contributed by atoms with E-state index in [0.717, 1.165) is 23.4 Å². The van der Waals surface area contributed by atoms with Crippen LogP contribution in [0.5, 0.6) is 0 Å². The number of nitrogens with zero attached hydrogens (tertiary/aromatic N) is 1. The molecular formula is C24H27F2N3O2S. The molecule has 0 heterocycles. The third kappa shape index (κ3) is 5.97. The second-order valence-corrected chi connectivity index (χ2v) is 8.39. The maximum atomic E-state index is 15.1. The van der Waals surface area contributed by atoms with Crippen LogP contribution in [0.15, 0.2) is 64.4 Å². The van der Waals surface area contributed by atoms with E-state index in [-0.39, 0.29) is 17.1 Å². The number of anilines is 2. The molecule has 8 heteroatoms. The number of hydrogen-bond acceptors (Lipinski definition) is 4. The maximum absolute atomic E-state index is 15.1. The molecule has 0 bridgehead atoms. The lowest BCUT2D eigenvalue weighted by molar-refractivity contribution is 0.102. The Labute approximate surface area is 189 Å². The van der Waals surface area contributed by atoms with Crippen molar-refractivity contribution in [3.8, 4) is 0 Å². The van der Waals surface area contributed by atoms with Crippen molar-refractivity contribution in [3.63, 3.8) is 0 Å². The molecule has 170 valence electrons. The Morgan fingerprint density at radius 3 is 2.41 bits per heavy atom. The molecule has 0 aliphatic rings. The minimum Gasteiger partial charge on any atom is -0.340 e. The minimum absolute atomic E-state index is 0.0663. The molecule has 0 aliphatic heterocycles. The number of carbonyl (C=O) groups is 1. The molecule has 2 aromatic rings. The number of hydrogen-bond donors (Lipinski definition) is 2. The molecule has 0 amide bonds. The van der Waals surface area contributed by atoms with Gasteiger partial charge in [-0.15, -0.1) is 0 Å². The number of Topliss-reactive ketones (excluding diaryl/α,β-unsaturated/α-hetero) is 1. The first-order valence-corrected chi connectivity index (χ1v) is 11.4. The summed E-state index contributed by atoms with van der Waals surface area (Å²) in [5.74, 6) is -2.37. The fourth-order valence-electron chi connectivity index (χ4n) is 3.00. The monoisotopic (exact) mass is 459 g/mol. The number of aliphatic imine (C=N–C) groups is 1. The van der Waals surface area contributed by atoms with E-state index in [2.05, 4.69) is 21.7 Å². The molecule has 0 spiro atoms. The van der Waals surface area contributed by atoms with Gasteiger partial charge in [0.1, 0.15) is 22.6 Å². The number of halogens is 2. The highest BCUT2D eigenvalue weighted by Gasteiger charge is 2.25. The Balaban J connectivity index is 2.45. The molecule has 2 rings (SSSR count). The molecule has 0 saturated heterocycles. The van der Waals surface area contributed by atoms with Crippen LogP contribution >= 0.6 is 0 Å². The van der Waals surface area contributed by atoms with Crippen LogP contribution in [0.4, 0.5) is 20.2 Å². The number of ketones is 1. The van der Waals surface area contributed by atoms with E-state index < -0.39 is 34.0 Å². The Hall–Kier alpha value is -3.13. The lowest BCUT2D eigenvalue weighted by atomic mass is 9.96. The average Bonchev–Trinajstić information content (AvgIpc) is 2.76. The van der Waals surface area contributed by atoms with Crippen LogP contribution in [0.3, 0.4) is 0 Å². The Kier molecular flexibility index (Phi) is 9.02. The normalized spacial score (nSPS) is 13.2. The maximum Gasteiger partial charge on any atom is 0.199 e. The van der Waals surface area contributed by atoms with Crippen molar-refractivity contribution in [2.75, 3.05) is 15.8 Å². The average molecular weight is 460 g/mol. The van der Waals surface area contributed by atoms with Crippen LogP contribution in [-0.2, 0) is 11.0 Å². The van der Waals surface area contributed by atoms with Crippen molar-refractivity contribution in [2.24, 2.45) is 4.99 Å². The first-order valence-electron chi connectivity index (χ1n) is 10.1. The summed E-state index contributed by atoms with van der Waals surface area (Å²) in [4.78, 5) is 17.1. The van der Waals surface area contributed by atoms with Gasteiger partial charge in [-0.25, -0.2) is 18.0 Å². The molecule has 0 fully saturated rings. The van der Waals surface area contributed by atoms with Crippen molar-refractivity contribution < 1.29 is 17.8 Å². The summed E-state index contributed by atoms with van der Waals surface area (Å²) in [5.41, 5.74) is 1.32. The fourth-order valence-corrected chi connectivity index (χ4v) is 3.88. The molecule has 1 atom stereocenters. The number of rotatable bonds is 10. The smallest absolute Gasteiger partial charge is 0.199 e. The summed E-state index contributed by atoms with van der Waals surface area (Å²) >= 11 is 0. The number of nitrogens with one attached hydrogen (secondary N) is 2. The van der Waals surface area contributed by atoms with E-state index >= 15 is 4.39 Å². The van der Waals surface area contributed by atoms with Crippen molar-refractivity contribution in [1.29, 1.82) is 0 Å². The van der Waals surface area contributed by atoms with E-state index in [1.807, 2.05) is 38.1 Å². The van der Waals surface area contributed by atoms with E-state index in [1.165, 1.54) is 6.08 Å². The lowest BCUT2D eigenvalue weighted by Gasteiger charge is -2.15. The Morgan fingerprint density at radius 1 is 1.19 bits per heavy atom. The van der Waals surface area contributed by atoms with E-state index in [1.54, 1.807) is 13.8 Å². The number of allylic oxidation sites excluding steroid dienone is 3. The Bertz CT molecular complexity index is 1090. The highest BCUT2D eigenvalue weighted by molar-refractivity contribution is 7.86. The third-order valence-electron chi connectivity index (χ3n) is 4.70. The van der Waals surface area contributed by atoms with Crippen molar-refractivity contribution in [3.05, 3.63) is 82.2 Å². The second-order valence-electron chi connectivity index (χ2n) is 7.09. The van der Waals surface area contributed by atoms with Crippen molar-refractivity contribution in [2.45, 2.75) is 34.1 Å². The first kappa shape index (κ1) is 25.1. The van der Waals surface area contributed by atoms with E-state index in [4.69, 9.17) is 0 Å². The highest BCUT2D eigenvalue weighted by Crippen LogP contribution is 2.28. The van der Waals surface area contributed by atoms with Gasteiger partial charge in [-0.2, -0.15) is 0 Å². The zero-order chi connectivity index (χ0) is 23.8. The largest absolute Gasteiger partial charge is 0.340 e. The van der Waals surface area contributed by atoms with Gasteiger partial charge in [-0.3, -0.25) is 4.79 Å². The predicted molar refractivity (Wildman–Crippen MR) is 128 cm³/mol. The van der Waals surface area contributed by atoms with Gasteiger partial charge in [0.2, 0.25) is 0 Å². The van der Waals surface area contributed by atoms with E-state index in [9.17, 15) is 13.4 Å². The van der Waals surface area contributed by atoms with Crippen LogP contribution in [-0.4, -0.2) is 22.5 Å². The van der Waals surface area contributed by atoms with Gasteiger partial charge < -0.3 is 10.0 Å². The molecular weight excluding hydrogens is 432 g/mol. The summed E-state index contributed by atoms with van der Waals surface area (Å²) in [6.07, 6.45) is 2.08. The Morgan fingerprint density at radius 2 is 1.84 bits per heavy atom. The van der Waals surface area contributed by atoms with Gasteiger partial charge >= 0.3 is 0 Å². The fraction of sp³-hybridized carbons (Fsp3) is 0.250. The standard InChI is InChI=1S/C24H27F2N3O2S/c1-6-14-32(31)29-20-13-12-19(25)21(22(20)26)23(30)18(7-2)16(4)24(27-5)28-17-10-8-15(3)9-11-17/h7-13,28-29H,5-6,14H2,1-4H3/b18-7+,24-16-. The van der Waals surface area contributed by atoms with Crippen molar-refractivity contribution >= 4 is 34.9 Å². The number of carbonyl (C=O) groups excluding carboxylic acids is 1. The zero-order valence-electron chi connectivity index (χ0n) is 18.6. The van der Waals surface area contributed by atoms with Gasteiger partial charge in [0.05, 0.1) is 11.3 Å². The molecule has 2 N–H and O–H groups in total. The molecule has 32 heavy (non-hydrogen) atoms. The summed E-state index contributed by atoms with van der Waals surface area (Å²) in [5, 5.41) is 3.07. The highest BCUT2D eigenvalue weighted by atomic mass is 32.2. The molecule has 2 aromatic carbocycles.